The van der Waals surface area contributed by atoms with Crippen LogP contribution in [0, 0.1) is 0 Å². The highest BCUT2D eigenvalue weighted by atomic mass is 16.4. The molecule has 0 saturated carbocycles. The summed E-state index contributed by atoms with van der Waals surface area (Å²) in [6.07, 6.45) is 0.650. The van der Waals surface area contributed by atoms with Gasteiger partial charge in [-0.05, 0) is 13.0 Å². The van der Waals surface area contributed by atoms with Crippen molar-refractivity contribution in [2.24, 2.45) is 0 Å². The van der Waals surface area contributed by atoms with Gasteiger partial charge in [-0.3, -0.25) is 10.1 Å². The van der Waals surface area contributed by atoms with Gasteiger partial charge in [-0.2, -0.15) is 0 Å². The van der Waals surface area contributed by atoms with E-state index in [0.717, 1.165) is 6.42 Å². The summed E-state index contributed by atoms with van der Waals surface area (Å²) < 4.78 is 0. The summed E-state index contributed by atoms with van der Waals surface area (Å²) in [6.45, 7) is 2.17. The molecule has 0 heterocycles. The molecule has 0 rings (SSSR count). The molecule has 6 nitrogen and oxygen atoms in total. The first-order valence-corrected chi connectivity index (χ1v) is 4.35. The Morgan fingerprint density at radius 3 is 2.29 bits per heavy atom. The van der Waals surface area contributed by atoms with Crippen molar-refractivity contribution in [3.8, 4) is 0 Å². The molecule has 1 atom stereocenters. The highest BCUT2D eigenvalue weighted by Crippen LogP contribution is 2.06. The third-order valence-corrected chi connectivity index (χ3v) is 1.71. The van der Waals surface area contributed by atoms with Gasteiger partial charge in [-0.1, -0.05) is 13.3 Å². The highest BCUT2D eigenvalue weighted by Gasteiger charge is 2.37. The van der Waals surface area contributed by atoms with Gasteiger partial charge in [0, 0.05) is 0 Å². The largest absolute Gasteiger partial charge is 0.481 e. The maximum absolute atomic E-state index is 10.6. The summed E-state index contributed by atoms with van der Waals surface area (Å²) in [5.74, 6) is -2.94. The van der Waals surface area contributed by atoms with Crippen LogP contribution < -0.4 is 5.32 Å². The minimum atomic E-state index is -2.36. The van der Waals surface area contributed by atoms with E-state index in [9.17, 15) is 14.7 Å². The third kappa shape index (κ3) is 4.20. The average Bonchev–Trinajstić information content (AvgIpc) is 2.03. The van der Waals surface area contributed by atoms with Crippen LogP contribution in [0.2, 0.25) is 0 Å². The first kappa shape index (κ1) is 12.9. The zero-order valence-electron chi connectivity index (χ0n) is 7.99. The van der Waals surface area contributed by atoms with Gasteiger partial charge in [-0.25, -0.2) is 4.79 Å². The number of carboxylic acids is 2. The van der Waals surface area contributed by atoms with Gasteiger partial charge >= 0.3 is 11.9 Å². The minimum absolute atomic E-state index is 0.270. The van der Waals surface area contributed by atoms with Crippen LogP contribution in [0.1, 0.15) is 26.2 Å². The summed E-state index contributed by atoms with van der Waals surface area (Å²) in [5.41, 5.74) is -2.36. The van der Waals surface area contributed by atoms with Crippen LogP contribution in [0.5, 0.6) is 0 Å². The van der Waals surface area contributed by atoms with E-state index in [-0.39, 0.29) is 6.54 Å². The number of aliphatic hydroxyl groups is 1. The van der Waals surface area contributed by atoms with Gasteiger partial charge in [0.15, 0.2) is 0 Å². The van der Waals surface area contributed by atoms with Crippen molar-refractivity contribution >= 4 is 11.9 Å². The van der Waals surface area contributed by atoms with Gasteiger partial charge < -0.3 is 15.3 Å². The van der Waals surface area contributed by atoms with Gasteiger partial charge in [-0.15, -0.1) is 0 Å². The topological polar surface area (TPSA) is 107 Å². The minimum Gasteiger partial charge on any atom is -0.481 e. The molecule has 0 aromatic rings. The molecule has 14 heavy (non-hydrogen) atoms. The van der Waals surface area contributed by atoms with E-state index in [1.54, 1.807) is 0 Å². The van der Waals surface area contributed by atoms with Crippen LogP contribution >= 0.6 is 0 Å². The maximum Gasteiger partial charge on any atom is 0.351 e. The van der Waals surface area contributed by atoms with Gasteiger partial charge in [0.25, 0.3) is 0 Å². The Hall–Kier alpha value is -1.14. The number of rotatable bonds is 7. The first-order valence-electron chi connectivity index (χ1n) is 4.35. The normalized spacial score (nSPS) is 14.7. The SMILES string of the molecule is CCCCNC(O)(CC(=O)O)C(=O)O. The molecule has 82 valence electrons. The lowest BCUT2D eigenvalue weighted by atomic mass is 10.1. The smallest absolute Gasteiger partial charge is 0.351 e. The molecule has 6 heteroatoms. The van der Waals surface area contributed by atoms with E-state index in [2.05, 4.69) is 5.32 Å². The fourth-order valence-electron chi connectivity index (χ4n) is 0.905. The molecule has 0 aliphatic rings. The van der Waals surface area contributed by atoms with E-state index in [0.29, 0.717) is 6.42 Å². The van der Waals surface area contributed by atoms with Crippen molar-refractivity contribution < 1.29 is 24.9 Å². The van der Waals surface area contributed by atoms with Crippen molar-refractivity contribution in [3.05, 3.63) is 0 Å². The van der Waals surface area contributed by atoms with Crippen LogP contribution in [-0.2, 0) is 9.59 Å². The molecule has 0 amide bonds. The quantitative estimate of drug-likeness (QED) is 0.333. The number of carbonyl (C=O) groups is 2. The molecule has 1 unspecified atom stereocenters. The second-order valence-corrected chi connectivity index (χ2v) is 3.02. The van der Waals surface area contributed by atoms with E-state index in [4.69, 9.17) is 10.2 Å². The number of carboxylic acid groups (broad SMARTS) is 2. The Kier molecular flexibility index (Phi) is 5.11. The lowest BCUT2D eigenvalue weighted by Crippen LogP contribution is -2.53. The number of unbranched alkanes of at least 4 members (excludes halogenated alkanes) is 1. The second-order valence-electron chi connectivity index (χ2n) is 3.02. The zero-order chi connectivity index (χ0) is 11.2. The van der Waals surface area contributed by atoms with E-state index in [1.165, 1.54) is 0 Å². The highest BCUT2D eigenvalue weighted by molar-refractivity contribution is 5.83. The molecule has 0 radical (unpaired) electrons. The Morgan fingerprint density at radius 2 is 1.93 bits per heavy atom. The Balaban J connectivity index is 4.24. The number of aliphatic carboxylic acids is 2. The van der Waals surface area contributed by atoms with Crippen LogP contribution in [0.25, 0.3) is 0 Å². The van der Waals surface area contributed by atoms with Crippen LogP contribution in [-0.4, -0.2) is 39.5 Å². The van der Waals surface area contributed by atoms with Crippen LogP contribution in [0.3, 0.4) is 0 Å². The molecule has 0 aromatic carbocycles. The lowest BCUT2D eigenvalue weighted by molar-refractivity contribution is -0.169. The van der Waals surface area contributed by atoms with Gasteiger partial charge in [0.05, 0.1) is 6.42 Å². The first-order chi connectivity index (χ1) is 6.42. The molecule has 4 N–H and O–H groups in total. The summed E-state index contributed by atoms with van der Waals surface area (Å²) in [7, 11) is 0. The third-order valence-electron chi connectivity index (χ3n) is 1.71. The van der Waals surface area contributed by atoms with Crippen molar-refractivity contribution in [3.63, 3.8) is 0 Å². The average molecular weight is 205 g/mol. The number of nitrogens with one attached hydrogen (secondary N) is 1. The van der Waals surface area contributed by atoms with E-state index in [1.807, 2.05) is 6.92 Å². The van der Waals surface area contributed by atoms with Gasteiger partial charge in [0.2, 0.25) is 5.72 Å². The van der Waals surface area contributed by atoms with Crippen molar-refractivity contribution in [2.75, 3.05) is 6.54 Å². The maximum atomic E-state index is 10.6. The molecule has 0 aromatic heterocycles. The molecular formula is C8H15NO5. The van der Waals surface area contributed by atoms with Gasteiger partial charge in [0.1, 0.15) is 0 Å². The molecule has 0 bridgehead atoms. The lowest BCUT2D eigenvalue weighted by Gasteiger charge is -2.22. The Bertz CT molecular complexity index is 218. The predicted octanol–water partition coefficient (Wildman–Crippen LogP) is -0.376. The second kappa shape index (κ2) is 5.56. The molecule has 0 aliphatic heterocycles. The molecular weight excluding hydrogens is 190 g/mol. The number of hydrogen-bond donors (Lipinski definition) is 4. The van der Waals surface area contributed by atoms with E-state index >= 15 is 0 Å². The summed E-state index contributed by atoms with van der Waals surface area (Å²) in [4.78, 5) is 20.9. The van der Waals surface area contributed by atoms with Crippen molar-refractivity contribution in [1.82, 2.24) is 5.32 Å². The summed E-state index contributed by atoms with van der Waals surface area (Å²) in [6, 6.07) is 0. The fraction of sp³-hybridized carbons (Fsp3) is 0.750. The Labute approximate surface area is 81.5 Å². The number of hydrogen-bond acceptors (Lipinski definition) is 4. The van der Waals surface area contributed by atoms with Crippen molar-refractivity contribution in [1.29, 1.82) is 0 Å². The Morgan fingerprint density at radius 1 is 1.36 bits per heavy atom. The molecule has 0 fully saturated rings. The molecule has 0 aliphatic carbocycles. The fourth-order valence-corrected chi connectivity index (χ4v) is 0.905. The van der Waals surface area contributed by atoms with Crippen LogP contribution in [0.4, 0.5) is 0 Å². The summed E-state index contributed by atoms with van der Waals surface area (Å²) in [5, 5.41) is 28.7. The monoisotopic (exact) mass is 205 g/mol. The van der Waals surface area contributed by atoms with Crippen LogP contribution in [0.15, 0.2) is 0 Å². The summed E-state index contributed by atoms with van der Waals surface area (Å²) >= 11 is 0. The zero-order valence-corrected chi connectivity index (χ0v) is 7.99. The predicted molar refractivity (Wildman–Crippen MR) is 47.7 cm³/mol. The van der Waals surface area contributed by atoms with E-state index < -0.39 is 24.1 Å². The van der Waals surface area contributed by atoms with Crippen molar-refractivity contribution in [2.45, 2.75) is 31.9 Å². The molecule has 0 saturated heterocycles. The molecule has 0 spiro atoms. The standard InChI is InChI=1S/C8H15NO5/c1-2-3-4-9-8(14,7(12)13)5-6(10)11/h9,14H,2-5H2,1H3,(H,10,11)(H,12,13).